The van der Waals surface area contributed by atoms with Gasteiger partial charge >= 0.3 is 0 Å². The van der Waals surface area contributed by atoms with E-state index in [4.69, 9.17) is 14.2 Å². The number of amides is 1. The summed E-state index contributed by atoms with van der Waals surface area (Å²) in [5, 5.41) is 12.8. The van der Waals surface area contributed by atoms with Gasteiger partial charge in [-0.1, -0.05) is 6.07 Å². The molecule has 0 aromatic heterocycles. The summed E-state index contributed by atoms with van der Waals surface area (Å²) in [6.45, 7) is 4.78. The van der Waals surface area contributed by atoms with E-state index in [1.54, 1.807) is 14.2 Å². The first kappa shape index (κ1) is 21.4. The standard InChI is InChI=1S/C19H31N3O5/c1-20-19(24)13-21(2)11-15-4-5-17(18(10-15)25-3)27-14-16(23)12-22-6-8-26-9-7-22/h4-5,10,16,23H,6-9,11-14H2,1-3H3,(H,20,24)/t16-/m1/s1. The summed E-state index contributed by atoms with van der Waals surface area (Å²) in [6.07, 6.45) is -0.578. The van der Waals surface area contributed by atoms with E-state index < -0.39 is 6.10 Å². The van der Waals surface area contributed by atoms with E-state index in [-0.39, 0.29) is 12.5 Å². The fourth-order valence-electron chi connectivity index (χ4n) is 2.94. The smallest absolute Gasteiger partial charge is 0.233 e. The number of nitrogens with zero attached hydrogens (tertiary/aromatic N) is 2. The van der Waals surface area contributed by atoms with Crippen molar-refractivity contribution in [1.82, 2.24) is 15.1 Å². The van der Waals surface area contributed by atoms with E-state index in [0.717, 1.165) is 18.7 Å². The maximum atomic E-state index is 11.4. The number of carbonyl (C=O) groups is 1. The van der Waals surface area contributed by atoms with Gasteiger partial charge in [-0.05, 0) is 24.7 Å². The molecule has 2 N–H and O–H groups in total. The van der Waals surface area contributed by atoms with E-state index in [0.29, 0.717) is 44.3 Å². The maximum Gasteiger partial charge on any atom is 0.233 e. The van der Waals surface area contributed by atoms with Gasteiger partial charge in [-0.2, -0.15) is 0 Å². The Kier molecular flexibility index (Phi) is 8.80. The van der Waals surface area contributed by atoms with Gasteiger partial charge < -0.3 is 24.6 Å². The number of hydrogen-bond acceptors (Lipinski definition) is 7. The van der Waals surface area contributed by atoms with Crippen molar-refractivity contribution in [2.45, 2.75) is 12.6 Å². The second-order valence-electron chi connectivity index (χ2n) is 6.71. The van der Waals surface area contributed by atoms with E-state index in [9.17, 15) is 9.90 Å². The highest BCUT2D eigenvalue weighted by atomic mass is 16.5. The molecule has 0 spiro atoms. The third-order valence-electron chi connectivity index (χ3n) is 4.38. The Morgan fingerprint density at radius 1 is 1.37 bits per heavy atom. The molecule has 2 rings (SSSR count). The van der Waals surface area contributed by atoms with Crippen LogP contribution in [0.1, 0.15) is 5.56 Å². The summed E-state index contributed by atoms with van der Waals surface area (Å²) in [5.41, 5.74) is 1.01. The van der Waals surface area contributed by atoms with Crippen molar-refractivity contribution >= 4 is 5.91 Å². The molecule has 0 saturated carbocycles. The zero-order chi connectivity index (χ0) is 19.6. The first-order valence-electron chi connectivity index (χ1n) is 9.18. The highest BCUT2D eigenvalue weighted by Crippen LogP contribution is 2.28. The van der Waals surface area contributed by atoms with Crippen LogP contribution in [-0.2, 0) is 16.1 Å². The Hall–Kier alpha value is -1.87. The first-order chi connectivity index (χ1) is 13.0. The summed E-state index contributed by atoms with van der Waals surface area (Å²) in [7, 11) is 5.09. The second kappa shape index (κ2) is 11.1. The van der Waals surface area contributed by atoms with Crippen LogP contribution in [0.15, 0.2) is 18.2 Å². The molecule has 1 saturated heterocycles. The Bertz CT molecular complexity index is 593. The number of benzene rings is 1. The lowest BCUT2D eigenvalue weighted by Crippen LogP contribution is -2.42. The lowest BCUT2D eigenvalue weighted by atomic mass is 10.2. The van der Waals surface area contributed by atoms with Crippen LogP contribution in [0.2, 0.25) is 0 Å². The molecule has 1 aromatic rings. The number of morpholine rings is 1. The van der Waals surface area contributed by atoms with Gasteiger partial charge in [0.15, 0.2) is 11.5 Å². The van der Waals surface area contributed by atoms with Gasteiger partial charge in [0.25, 0.3) is 0 Å². The van der Waals surface area contributed by atoms with E-state index in [2.05, 4.69) is 10.2 Å². The highest BCUT2D eigenvalue weighted by molar-refractivity contribution is 5.77. The van der Waals surface area contributed by atoms with Gasteiger partial charge in [-0.15, -0.1) is 0 Å². The van der Waals surface area contributed by atoms with Crippen molar-refractivity contribution in [3.8, 4) is 11.5 Å². The van der Waals surface area contributed by atoms with Crippen LogP contribution in [0.4, 0.5) is 0 Å². The van der Waals surface area contributed by atoms with Crippen molar-refractivity contribution in [3.63, 3.8) is 0 Å². The lowest BCUT2D eigenvalue weighted by Gasteiger charge is -2.28. The molecular formula is C19H31N3O5. The van der Waals surface area contributed by atoms with Crippen molar-refractivity contribution in [2.75, 3.05) is 67.2 Å². The Labute approximate surface area is 161 Å². The van der Waals surface area contributed by atoms with Gasteiger partial charge in [-0.25, -0.2) is 0 Å². The Balaban J connectivity index is 1.86. The van der Waals surface area contributed by atoms with Crippen LogP contribution in [0.5, 0.6) is 11.5 Å². The number of ether oxygens (including phenoxy) is 3. The fourth-order valence-corrected chi connectivity index (χ4v) is 2.94. The van der Waals surface area contributed by atoms with Crippen molar-refractivity contribution < 1.29 is 24.1 Å². The van der Waals surface area contributed by atoms with Crippen LogP contribution in [0.25, 0.3) is 0 Å². The zero-order valence-corrected chi connectivity index (χ0v) is 16.4. The van der Waals surface area contributed by atoms with Gasteiger partial charge in [0.2, 0.25) is 5.91 Å². The normalized spacial score (nSPS) is 16.2. The zero-order valence-electron chi connectivity index (χ0n) is 16.4. The number of aliphatic hydroxyl groups is 1. The van der Waals surface area contributed by atoms with Gasteiger partial charge in [0, 0.05) is 33.2 Å². The van der Waals surface area contributed by atoms with Gasteiger partial charge in [-0.3, -0.25) is 14.6 Å². The number of β-amino-alcohol motifs (C(OH)–C–C–N with tert-alkyl or cyclic N) is 1. The minimum Gasteiger partial charge on any atom is -0.493 e. The summed E-state index contributed by atoms with van der Waals surface area (Å²) in [4.78, 5) is 15.5. The Morgan fingerprint density at radius 3 is 2.78 bits per heavy atom. The van der Waals surface area contributed by atoms with Crippen LogP contribution in [0.3, 0.4) is 0 Å². The van der Waals surface area contributed by atoms with Crippen LogP contribution < -0.4 is 14.8 Å². The first-order valence-corrected chi connectivity index (χ1v) is 9.18. The second-order valence-corrected chi connectivity index (χ2v) is 6.71. The molecule has 1 amide bonds. The van der Waals surface area contributed by atoms with E-state index in [1.165, 1.54) is 0 Å². The fraction of sp³-hybridized carbons (Fsp3) is 0.632. The van der Waals surface area contributed by atoms with Crippen LogP contribution >= 0.6 is 0 Å². The number of methoxy groups -OCH3 is 1. The SMILES string of the molecule is CNC(=O)CN(C)Cc1ccc(OC[C@H](O)CN2CCOCC2)c(OC)c1. The van der Waals surface area contributed by atoms with E-state index >= 15 is 0 Å². The molecule has 1 fully saturated rings. The monoisotopic (exact) mass is 381 g/mol. The Morgan fingerprint density at radius 2 is 2.11 bits per heavy atom. The average Bonchev–Trinajstić information content (AvgIpc) is 2.67. The molecule has 1 aliphatic rings. The number of carbonyl (C=O) groups excluding carboxylic acids is 1. The number of aliphatic hydroxyl groups excluding tert-OH is 1. The maximum absolute atomic E-state index is 11.4. The summed E-state index contributed by atoms with van der Waals surface area (Å²) in [5.74, 6) is 1.18. The molecule has 1 heterocycles. The predicted octanol–water partition coefficient (Wildman–Crippen LogP) is -0.0551. The summed E-state index contributed by atoms with van der Waals surface area (Å²) >= 11 is 0. The quantitative estimate of drug-likeness (QED) is 0.588. The molecular weight excluding hydrogens is 350 g/mol. The number of likely N-dealkylation sites (N-methyl/N-ethyl adjacent to an activating group) is 2. The molecule has 1 aromatic carbocycles. The third kappa shape index (κ3) is 7.34. The molecule has 8 nitrogen and oxygen atoms in total. The molecule has 8 heteroatoms. The average molecular weight is 381 g/mol. The number of rotatable bonds is 10. The molecule has 152 valence electrons. The van der Waals surface area contributed by atoms with Crippen molar-refractivity contribution in [2.24, 2.45) is 0 Å². The predicted molar refractivity (Wildman–Crippen MR) is 102 cm³/mol. The number of nitrogens with one attached hydrogen (secondary N) is 1. The topological polar surface area (TPSA) is 83.5 Å². The van der Waals surface area contributed by atoms with Crippen LogP contribution in [0, 0.1) is 0 Å². The summed E-state index contributed by atoms with van der Waals surface area (Å²) in [6, 6.07) is 5.67. The summed E-state index contributed by atoms with van der Waals surface area (Å²) < 4.78 is 16.5. The molecule has 0 radical (unpaired) electrons. The molecule has 0 aliphatic carbocycles. The molecule has 27 heavy (non-hydrogen) atoms. The third-order valence-corrected chi connectivity index (χ3v) is 4.38. The van der Waals surface area contributed by atoms with Crippen molar-refractivity contribution in [1.29, 1.82) is 0 Å². The molecule has 1 atom stereocenters. The minimum atomic E-state index is -0.578. The largest absolute Gasteiger partial charge is 0.493 e. The van der Waals surface area contributed by atoms with Crippen molar-refractivity contribution in [3.05, 3.63) is 23.8 Å². The highest BCUT2D eigenvalue weighted by Gasteiger charge is 2.16. The molecule has 1 aliphatic heterocycles. The van der Waals surface area contributed by atoms with E-state index in [1.807, 2.05) is 30.1 Å². The number of hydrogen-bond donors (Lipinski definition) is 2. The molecule has 0 unspecified atom stereocenters. The minimum absolute atomic E-state index is 0.0290. The van der Waals surface area contributed by atoms with Crippen LogP contribution in [-0.4, -0.2) is 94.1 Å². The van der Waals surface area contributed by atoms with Gasteiger partial charge in [0.05, 0.1) is 26.9 Å². The molecule has 0 bridgehead atoms. The lowest BCUT2D eigenvalue weighted by molar-refractivity contribution is -0.121. The van der Waals surface area contributed by atoms with Gasteiger partial charge in [0.1, 0.15) is 12.7 Å².